The zero-order chi connectivity index (χ0) is 20.1. The number of nitrogens with one attached hydrogen (secondary N) is 2. The number of nitro benzene ring substituents is 1. The maximum absolute atomic E-state index is 12.3. The number of carbonyl (C=O) groups excluding carboxylic acids is 2. The van der Waals surface area contributed by atoms with Gasteiger partial charge in [0, 0.05) is 28.9 Å². The van der Waals surface area contributed by atoms with E-state index in [9.17, 15) is 19.7 Å². The Labute approximate surface area is 165 Å². The largest absolute Gasteiger partial charge is 0.322 e. The molecular weight excluding hydrogens is 382 g/mol. The van der Waals surface area contributed by atoms with Crippen LogP contribution in [0.4, 0.5) is 17.1 Å². The summed E-state index contributed by atoms with van der Waals surface area (Å²) in [6.45, 7) is 0. The molecule has 0 saturated carbocycles. The van der Waals surface area contributed by atoms with Gasteiger partial charge in [0.25, 0.3) is 17.5 Å². The van der Waals surface area contributed by atoms with Gasteiger partial charge >= 0.3 is 0 Å². The van der Waals surface area contributed by atoms with Crippen LogP contribution in [-0.4, -0.2) is 16.7 Å². The lowest BCUT2D eigenvalue weighted by atomic mass is 10.1. The molecule has 0 atom stereocenters. The van der Waals surface area contributed by atoms with Crippen molar-refractivity contribution in [2.24, 2.45) is 0 Å². The third-order valence-electron chi connectivity index (χ3n) is 3.83. The summed E-state index contributed by atoms with van der Waals surface area (Å²) < 4.78 is 0. The van der Waals surface area contributed by atoms with Gasteiger partial charge in [-0.05, 0) is 36.4 Å². The Morgan fingerprint density at radius 2 is 1.50 bits per heavy atom. The van der Waals surface area contributed by atoms with E-state index in [1.165, 1.54) is 30.3 Å². The molecule has 3 aromatic carbocycles. The number of nitro groups is 1. The average Bonchev–Trinajstić information content (AvgIpc) is 2.70. The van der Waals surface area contributed by atoms with Crippen molar-refractivity contribution in [1.29, 1.82) is 0 Å². The molecule has 140 valence electrons. The van der Waals surface area contributed by atoms with Crippen molar-refractivity contribution in [3.8, 4) is 0 Å². The quantitative estimate of drug-likeness (QED) is 0.480. The number of benzene rings is 3. The summed E-state index contributed by atoms with van der Waals surface area (Å²) in [5, 5.41) is 16.4. The van der Waals surface area contributed by atoms with Crippen LogP contribution in [0.25, 0.3) is 0 Å². The molecule has 2 N–H and O–H groups in total. The first kappa shape index (κ1) is 19.1. The highest BCUT2D eigenvalue weighted by molar-refractivity contribution is 6.34. The molecule has 0 aromatic heterocycles. The normalized spacial score (nSPS) is 10.2. The third-order valence-corrected chi connectivity index (χ3v) is 4.14. The Morgan fingerprint density at radius 3 is 2.18 bits per heavy atom. The van der Waals surface area contributed by atoms with Crippen LogP contribution in [0.15, 0.2) is 72.8 Å². The number of halogens is 1. The van der Waals surface area contributed by atoms with E-state index in [4.69, 9.17) is 11.6 Å². The van der Waals surface area contributed by atoms with Gasteiger partial charge in [-0.25, -0.2) is 0 Å². The SMILES string of the molecule is O=C(Nc1ccc(NC(=O)c2ccccc2)c(Cl)c1)c1cccc([N+](=O)[O-])c1. The van der Waals surface area contributed by atoms with Crippen LogP contribution in [0.1, 0.15) is 20.7 Å². The summed E-state index contributed by atoms with van der Waals surface area (Å²) in [5.74, 6) is -0.822. The van der Waals surface area contributed by atoms with Crippen LogP contribution < -0.4 is 10.6 Å². The molecule has 0 unspecified atom stereocenters. The Bertz CT molecular complexity index is 1050. The monoisotopic (exact) mass is 395 g/mol. The first-order valence-corrected chi connectivity index (χ1v) is 8.53. The maximum atomic E-state index is 12.3. The predicted molar refractivity (Wildman–Crippen MR) is 107 cm³/mol. The van der Waals surface area contributed by atoms with Gasteiger partial charge in [-0.2, -0.15) is 0 Å². The van der Waals surface area contributed by atoms with Crippen LogP contribution in [0, 0.1) is 10.1 Å². The van der Waals surface area contributed by atoms with Crippen molar-refractivity contribution in [2.45, 2.75) is 0 Å². The molecule has 0 radical (unpaired) electrons. The number of rotatable bonds is 5. The number of anilines is 2. The second kappa shape index (κ2) is 8.32. The molecule has 0 bridgehead atoms. The lowest BCUT2D eigenvalue weighted by Crippen LogP contribution is -2.13. The minimum Gasteiger partial charge on any atom is -0.322 e. The van der Waals surface area contributed by atoms with Gasteiger partial charge in [0.1, 0.15) is 0 Å². The highest BCUT2D eigenvalue weighted by Crippen LogP contribution is 2.26. The molecule has 0 aliphatic carbocycles. The third kappa shape index (κ3) is 4.52. The van der Waals surface area contributed by atoms with Crippen molar-refractivity contribution in [3.63, 3.8) is 0 Å². The van der Waals surface area contributed by atoms with Crippen molar-refractivity contribution in [2.75, 3.05) is 10.6 Å². The van der Waals surface area contributed by atoms with Crippen molar-refractivity contribution >= 4 is 40.5 Å². The molecule has 0 fully saturated rings. The fourth-order valence-corrected chi connectivity index (χ4v) is 2.67. The molecule has 28 heavy (non-hydrogen) atoms. The summed E-state index contributed by atoms with van der Waals surface area (Å²) in [7, 11) is 0. The van der Waals surface area contributed by atoms with Crippen LogP contribution in [0.2, 0.25) is 5.02 Å². The van der Waals surface area contributed by atoms with Crippen molar-refractivity contribution in [3.05, 3.63) is 99.1 Å². The minimum absolute atomic E-state index is 0.145. The topological polar surface area (TPSA) is 101 Å². The molecule has 0 saturated heterocycles. The van der Waals surface area contributed by atoms with Gasteiger partial charge < -0.3 is 10.6 Å². The summed E-state index contributed by atoms with van der Waals surface area (Å²) in [4.78, 5) is 34.8. The first-order chi connectivity index (χ1) is 13.4. The molecule has 0 spiro atoms. The molecule has 3 aromatic rings. The fourth-order valence-electron chi connectivity index (χ4n) is 2.44. The first-order valence-electron chi connectivity index (χ1n) is 8.16. The number of non-ortho nitro benzene ring substituents is 1. The lowest BCUT2D eigenvalue weighted by Gasteiger charge is -2.10. The molecule has 0 heterocycles. The van der Waals surface area contributed by atoms with Gasteiger partial charge in [0.2, 0.25) is 0 Å². The number of nitrogens with zero attached hydrogens (tertiary/aromatic N) is 1. The van der Waals surface area contributed by atoms with E-state index in [-0.39, 0.29) is 22.2 Å². The highest BCUT2D eigenvalue weighted by Gasteiger charge is 2.13. The smallest absolute Gasteiger partial charge is 0.270 e. The lowest BCUT2D eigenvalue weighted by molar-refractivity contribution is -0.384. The van der Waals surface area contributed by atoms with Gasteiger partial charge in [-0.1, -0.05) is 35.9 Å². The van der Waals surface area contributed by atoms with Crippen molar-refractivity contribution in [1.82, 2.24) is 0 Å². The molecule has 0 aliphatic heterocycles. The van der Waals surface area contributed by atoms with Crippen LogP contribution >= 0.6 is 11.6 Å². The van der Waals surface area contributed by atoms with E-state index >= 15 is 0 Å². The van der Waals surface area contributed by atoms with E-state index in [2.05, 4.69) is 10.6 Å². The Balaban J connectivity index is 1.72. The van der Waals surface area contributed by atoms with Gasteiger partial charge in [-0.15, -0.1) is 0 Å². The standard InChI is InChI=1S/C20H14ClN3O4/c21-17-12-15(22-20(26)14-7-4-8-16(11-14)24(27)28)9-10-18(17)23-19(25)13-5-2-1-3-6-13/h1-12H,(H,22,26)(H,23,25). The average molecular weight is 396 g/mol. The summed E-state index contributed by atoms with van der Waals surface area (Å²) in [6.07, 6.45) is 0. The maximum Gasteiger partial charge on any atom is 0.270 e. The van der Waals surface area contributed by atoms with Gasteiger partial charge in [0.15, 0.2) is 0 Å². The molecule has 7 nitrogen and oxygen atoms in total. The predicted octanol–water partition coefficient (Wildman–Crippen LogP) is 4.75. The number of hydrogen-bond acceptors (Lipinski definition) is 4. The molecule has 3 rings (SSSR count). The highest BCUT2D eigenvalue weighted by atomic mass is 35.5. The van der Waals surface area contributed by atoms with E-state index in [0.717, 1.165) is 0 Å². The second-order valence-electron chi connectivity index (χ2n) is 5.78. The zero-order valence-electron chi connectivity index (χ0n) is 14.4. The van der Waals surface area contributed by atoms with Crippen molar-refractivity contribution < 1.29 is 14.5 Å². The van der Waals surface area contributed by atoms with E-state index in [0.29, 0.717) is 16.9 Å². The van der Waals surface area contributed by atoms with E-state index < -0.39 is 10.8 Å². The Morgan fingerprint density at radius 1 is 0.821 bits per heavy atom. The van der Waals surface area contributed by atoms with Crippen LogP contribution in [0.5, 0.6) is 0 Å². The Hall–Kier alpha value is -3.71. The summed E-state index contributed by atoms with van der Waals surface area (Å²) in [6, 6.07) is 18.7. The molecule has 2 amide bonds. The van der Waals surface area contributed by atoms with E-state index in [1.54, 1.807) is 36.4 Å². The van der Waals surface area contributed by atoms with Crippen LogP contribution in [0.3, 0.4) is 0 Å². The van der Waals surface area contributed by atoms with Crippen LogP contribution in [-0.2, 0) is 0 Å². The van der Waals surface area contributed by atoms with E-state index in [1.807, 2.05) is 6.07 Å². The summed E-state index contributed by atoms with van der Waals surface area (Å²) >= 11 is 6.20. The molecule has 0 aliphatic rings. The van der Waals surface area contributed by atoms with Gasteiger partial charge in [0.05, 0.1) is 15.6 Å². The molecule has 8 heteroatoms. The van der Waals surface area contributed by atoms with Gasteiger partial charge in [-0.3, -0.25) is 19.7 Å². The summed E-state index contributed by atoms with van der Waals surface area (Å²) in [5.41, 5.74) is 1.24. The zero-order valence-corrected chi connectivity index (χ0v) is 15.1. The Kier molecular flexibility index (Phi) is 5.67. The number of carbonyl (C=O) groups is 2. The number of hydrogen-bond donors (Lipinski definition) is 2. The minimum atomic E-state index is -0.572. The molecular formula is C20H14ClN3O4. The number of amides is 2. The fraction of sp³-hybridized carbons (Fsp3) is 0. The second-order valence-corrected chi connectivity index (χ2v) is 6.18.